The lowest BCUT2D eigenvalue weighted by Crippen LogP contribution is -2.31. The molecule has 0 unspecified atom stereocenters. The molecule has 0 amide bonds. The summed E-state index contributed by atoms with van der Waals surface area (Å²) in [5.41, 5.74) is 0.931. The minimum absolute atomic E-state index is 0.232. The Morgan fingerprint density at radius 1 is 1.41 bits per heavy atom. The van der Waals surface area contributed by atoms with Gasteiger partial charge in [-0.25, -0.2) is 13.4 Å². The molecule has 1 atom stereocenters. The van der Waals surface area contributed by atoms with Gasteiger partial charge in [-0.05, 0) is 31.9 Å². The second-order valence-electron chi connectivity index (χ2n) is 5.40. The Morgan fingerprint density at radius 3 is 2.91 bits per heavy atom. The van der Waals surface area contributed by atoms with Crippen molar-refractivity contribution in [2.75, 3.05) is 13.7 Å². The Kier molecular flexibility index (Phi) is 3.92. The molecule has 1 aromatic carbocycles. The predicted molar refractivity (Wildman–Crippen MR) is 82.2 cm³/mol. The molecule has 0 saturated carbocycles. The lowest BCUT2D eigenvalue weighted by molar-refractivity contribution is 0.383. The van der Waals surface area contributed by atoms with Gasteiger partial charge in [-0.1, -0.05) is 6.07 Å². The Morgan fingerprint density at radius 2 is 2.23 bits per heavy atom. The molecule has 0 spiro atoms. The molecular weight excluding hydrogens is 302 g/mol. The minimum Gasteiger partial charge on any atom is -0.497 e. The monoisotopic (exact) mass is 321 g/mol. The molecule has 2 heterocycles. The molecule has 7 heteroatoms. The molecule has 2 aromatic rings. The summed E-state index contributed by atoms with van der Waals surface area (Å²) in [6.07, 6.45) is 3.33. The summed E-state index contributed by atoms with van der Waals surface area (Å²) in [6, 6.07) is 6.34. The van der Waals surface area contributed by atoms with Gasteiger partial charge in [0.2, 0.25) is 10.0 Å². The molecular formula is C15H19N3O3S. The van der Waals surface area contributed by atoms with E-state index in [-0.39, 0.29) is 10.9 Å². The summed E-state index contributed by atoms with van der Waals surface area (Å²) in [5, 5.41) is 0. The molecule has 1 aliphatic rings. The third kappa shape index (κ3) is 2.62. The molecule has 118 valence electrons. The molecule has 1 aromatic heterocycles. The maximum atomic E-state index is 12.9. The number of hydrogen-bond acceptors (Lipinski definition) is 4. The van der Waals surface area contributed by atoms with Crippen molar-refractivity contribution in [3.8, 4) is 5.75 Å². The summed E-state index contributed by atoms with van der Waals surface area (Å²) in [4.78, 5) is 7.71. The van der Waals surface area contributed by atoms with Crippen LogP contribution in [0.15, 0.2) is 35.4 Å². The van der Waals surface area contributed by atoms with Crippen LogP contribution in [0.5, 0.6) is 5.75 Å². The van der Waals surface area contributed by atoms with Gasteiger partial charge in [0, 0.05) is 24.5 Å². The number of aryl methyl sites for hydroxylation is 1. The van der Waals surface area contributed by atoms with Crippen molar-refractivity contribution in [2.45, 2.75) is 30.7 Å². The van der Waals surface area contributed by atoms with E-state index in [1.165, 1.54) is 11.4 Å². The number of rotatable bonds is 4. The van der Waals surface area contributed by atoms with E-state index in [2.05, 4.69) is 9.97 Å². The molecule has 1 N–H and O–H groups in total. The first kappa shape index (κ1) is 15.1. The lowest BCUT2D eigenvalue weighted by atomic mass is 10.2. The average Bonchev–Trinajstić information content (AvgIpc) is 3.16. The number of nitrogens with one attached hydrogen (secondary N) is 1. The molecule has 22 heavy (non-hydrogen) atoms. The zero-order chi connectivity index (χ0) is 15.7. The van der Waals surface area contributed by atoms with Crippen LogP contribution in [0, 0.1) is 6.92 Å². The van der Waals surface area contributed by atoms with Crippen LogP contribution in [0.25, 0.3) is 0 Å². The Bertz CT molecular complexity index is 770. The van der Waals surface area contributed by atoms with Gasteiger partial charge in [0.15, 0.2) is 0 Å². The fraction of sp³-hybridized carbons (Fsp3) is 0.400. The largest absolute Gasteiger partial charge is 0.497 e. The molecule has 0 radical (unpaired) electrons. The van der Waals surface area contributed by atoms with E-state index in [9.17, 15) is 8.42 Å². The molecule has 0 bridgehead atoms. The van der Waals surface area contributed by atoms with E-state index < -0.39 is 10.0 Å². The van der Waals surface area contributed by atoms with E-state index in [0.717, 1.165) is 18.5 Å². The fourth-order valence-electron chi connectivity index (χ4n) is 2.80. The quantitative estimate of drug-likeness (QED) is 0.937. The van der Waals surface area contributed by atoms with Gasteiger partial charge in [0.1, 0.15) is 11.6 Å². The highest BCUT2D eigenvalue weighted by Crippen LogP contribution is 2.35. The topological polar surface area (TPSA) is 75.3 Å². The molecule has 1 saturated heterocycles. The Balaban J connectivity index is 1.96. The van der Waals surface area contributed by atoms with Crippen LogP contribution in [0.4, 0.5) is 0 Å². The average molecular weight is 321 g/mol. The van der Waals surface area contributed by atoms with Crippen LogP contribution in [0.3, 0.4) is 0 Å². The van der Waals surface area contributed by atoms with Gasteiger partial charge in [-0.15, -0.1) is 0 Å². The zero-order valence-electron chi connectivity index (χ0n) is 12.6. The molecule has 1 aliphatic heterocycles. The number of aromatic nitrogens is 2. The normalized spacial score (nSPS) is 19.5. The number of benzene rings is 1. The van der Waals surface area contributed by atoms with Gasteiger partial charge in [0.05, 0.1) is 18.0 Å². The van der Waals surface area contributed by atoms with Crippen molar-refractivity contribution in [3.05, 3.63) is 42.0 Å². The van der Waals surface area contributed by atoms with Gasteiger partial charge in [-0.3, -0.25) is 0 Å². The summed E-state index contributed by atoms with van der Waals surface area (Å²) < 4.78 is 32.5. The van der Waals surface area contributed by atoms with E-state index in [1.54, 1.807) is 30.5 Å². The highest BCUT2D eigenvalue weighted by molar-refractivity contribution is 7.89. The van der Waals surface area contributed by atoms with Crippen LogP contribution < -0.4 is 4.74 Å². The van der Waals surface area contributed by atoms with E-state index in [4.69, 9.17) is 4.74 Å². The van der Waals surface area contributed by atoms with Crippen molar-refractivity contribution < 1.29 is 13.2 Å². The van der Waals surface area contributed by atoms with Gasteiger partial charge in [0.25, 0.3) is 0 Å². The second-order valence-corrected chi connectivity index (χ2v) is 7.29. The van der Waals surface area contributed by atoms with Crippen molar-refractivity contribution in [2.24, 2.45) is 0 Å². The number of ether oxygens (including phenoxy) is 1. The number of aromatic amines is 1. The SMILES string of the molecule is COc1cccc(S(=O)(=O)N2CCC[C@@H]2c2ncc(C)[nH]2)c1. The lowest BCUT2D eigenvalue weighted by Gasteiger charge is -2.22. The van der Waals surface area contributed by atoms with Crippen molar-refractivity contribution in [1.29, 1.82) is 0 Å². The molecule has 0 aliphatic carbocycles. The Labute approximate surface area is 130 Å². The highest BCUT2D eigenvalue weighted by Gasteiger charge is 2.37. The maximum absolute atomic E-state index is 12.9. The number of sulfonamides is 1. The highest BCUT2D eigenvalue weighted by atomic mass is 32.2. The van der Waals surface area contributed by atoms with Crippen molar-refractivity contribution >= 4 is 10.0 Å². The van der Waals surface area contributed by atoms with Crippen LogP contribution >= 0.6 is 0 Å². The van der Waals surface area contributed by atoms with Crippen molar-refractivity contribution in [3.63, 3.8) is 0 Å². The first-order valence-corrected chi connectivity index (χ1v) is 8.64. The van der Waals surface area contributed by atoms with Gasteiger partial charge >= 0.3 is 0 Å². The number of imidazole rings is 1. The van der Waals surface area contributed by atoms with E-state index in [1.807, 2.05) is 6.92 Å². The van der Waals surface area contributed by atoms with Gasteiger partial charge in [-0.2, -0.15) is 4.31 Å². The standard InChI is InChI=1S/C15H19N3O3S/c1-11-10-16-15(17-11)14-7-4-8-18(14)22(19,20)13-6-3-5-12(9-13)21-2/h3,5-6,9-10,14H,4,7-8H2,1-2H3,(H,16,17)/t14-/m1/s1. The third-order valence-electron chi connectivity index (χ3n) is 3.89. The minimum atomic E-state index is -3.57. The maximum Gasteiger partial charge on any atom is 0.243 e. The molecule has 6 nitrogen and oxygen atoms in total. The zero-order valence-corrected chi connectivity index (χ0v) is 13.4. The van der Waals surface area contributed by atoms with E-state index >= 15 is 0 Å². The summed E-state index contributed by atoms with van der Waals surface area (Å²) in [5.74, 6) is 1.24. The first-order valence-electron chi connectivity index (χ1n) is 7.20. The first-order chi connectivity index (χ1) is 10.5. The van der Waals surface area contributed by atoms with Crippen molar-refractivity contribution in [1.82, 2.24) is 14.3 Å². The number of H-pyrrole nitrogens is 1. The number of hydrogen-bond donors (Lipinski definition) is 1. The van der Waals surface area contributed by atoms with Gasteiger partial charge < -0.3 is 9.72 Å². The Hall–Kier alpha value is -1.86. The third-order valence-corrected chi connectivity index (χ3v) is 5.79. The summed E-state index contributed by atoms with van der Waals surface area (Å²) in [6.45, 7) is 2.41. The van der Waals surface area contributed by atoms with E-state index in [0.29, 0.717) is 18.1 Å². The molecule has 1 fully saturated rings. The van der Waals surface area contributed by atoms with Crippen LogP contribution in [-0.2, 0) is 10.0 Å². The fourth-order valence-corrected chi connectivity index (χ4v) is 4.50. The second kappa shape index (κ2) is 5.73. The summed E-state index contributed by atoms with van der Waals surface area (Å²) in [7, 11) is -2.04. The van der Waals surface area contributed by atoms with Crippen LogP contribution in [0.1, 0.15) is 30.4 Å². The molecule has 3 rings (SSSR count). The summed E-state index contributed by atoms with van der Waals surface area (Å²) >= 11 is 0. The van der Waals surface area contributed by atoms with Crippen LogP contribution in [-0.4, -0.2) is 36.3 Å². The van der Waals surface area contributed by atoms with Crippen LogP contribution in [0.2, 0.25) is 0 Å². The number of methoxy groups -OCH3 is 1. The predicted octanol–water partition coefficient (Wildman–Crippen LogP) is 2.25. The number of nitrogens with zero attached hydrogens (tertiary/aromatic N) is 2. The smallest absolute Gasteiger partial charge is 0.243 e.